The minimum Gasteiger partial charge on any atom is -0.508 e. The summed E-state index contributed by atoms with van der Waals surface area (Å²) in [5.74, 6) is -0.313. The maximum absolute atomic E-state index is 12.0. The summed E-state index contributed by atoms with van der Waals surface area (Å²) >= 11 is 0. The monoisotopic (exact) mass is 265 g/mol. The summed E-state index contributed by atoms with van der Waals surface area (Å²) in [5, 5.41) is 25.7. The first-order valence-corrected chi connectivity index (χ1v) is 6.00. The van der Waals surface area contributed by atoms with Crippen molar-refractivity contribution in [1.29, 1.82) is 0 Å². The first-order chi connectivity index (χ1) is 8.99. The van der Waals surface area contributed by atoms with Crippen LogP contribution in [0.15, 0.2) is 18.2 Å². The fourth-order valence-electron chi connectivity index (χ4n) is 2.17. The average molecular weight is 265 g/mol. The van der Waals surface area contributed by atoms with Crippen molar-refractivity contribution >= 4 is 17.3 Å². The number of phenolic OH excluding ortho intramolecular Hbond substituents is 1. The molecule has 0 saturated carbocycles. The van der Waals surface area contributed by atoms with Crippen LogP contribution in [0.4, 0.5) is 11.4 Å². The molecule has 1 fully saturated rings. The highest BCUT2D eigenvalue weighted by atomic mass is 16.6. The second-order valence-corrected chi connectivity index (χ2v) is 4.65. The van der Waals surface area contributed by atoms with E-state index in [0.717, 1.165) is 19.0 Å². The van der Waals surface area contributed by atoms with Crippen LogP contribution in [0.2, 0.25) is 0 Å². The SMILES string of the molecule is CC1CCNC1C(=O)Nc1ccc(O)cc1[N+](=O)[O-]. The van der Waals surface area contributed by atoms with E-state index in [0.29, 0.717) is 0 Å². The van der Waals surface area contributed by atoms with Crippen molar-refractivity contribution in [2.24, 2.45) is 5.92 Å². The fourth-order valence-corrected chi connectivity index (χ4v) is 2.17. The number of carbonyl (C=O) groups is 1. The molecule has 1 saturated heterocycles. The van der Waals surface area contributed by atoms with E-state index in [2.05, 4.69) is 10.6 Å². The molecule has 2 unspecified atom stereocenters. The Morgan fingerprint density at radius 2 is 2.32 bits per heavy atom. The highest BCUT2D eigenvalue weighted by Crippen LogP contribution is 2.29. The van der Waals surface area contributed by atoms with Crippen LogP contribution in [0.5, 0.6) is 5.75 Å². The van der Waals surface area contributed by atoms with Gasteiger partial charge in [-0.3, -0.25) is 14.9 Å². The number of benzene rings is 1. The molecule has 1 aromatic rings. The van der Waals surface area contributed by atoms with Crippen LogP contribution in [-0.4, -0.2) is 28.5 Å². The van der Waals surface area contributed by atoms with Crippen molar-refractivity contribution in [3.8, 4) is 5.75 Å². The zero-order valence-electron chi connectivity index (χ0n) is 10.4. The number of hydrogen-bond donors (Lipinski definition) is 3. The summed E-state index contributed by atoms with van der Waals surface area (Å²) in [7, 11) is 0. The van der Waals surface area contributed by atoms with Crippen LogP contribution < -0.4 is 10.6 Å². The number of hydrogen-bond acceptors (Lipinski definition) is 5. The van der Waals surface area contributed by atoms with Crippen molar-refractivity contribution in [3.05, 3.63) is 28.3 Å². The number of amides is 1. The van der Waals surface area contributed by atoms with Gasteiger partial charge in [0.15, 0.2) is 0 Å². The van der Waals surface area contributed by atoms with Crippen LogP contribution >= 0.6 is 0 Å². The molecule has 0 aliphatic carbocycles. The van der Waals surface area contributed by atoms with Gasteiger partial charge in [0.1, 0.15) is 11.4 Å². The maximum atomic E-state index is 12.0. The Balaban J connectivity index is 2.19. The second kappa shape index (κ2) is 5.23. The third kappa shape index (κ3) is 2.82. The Kier molecular flexibility index (Phi) is 3.66. The summed E-state index contributed by atoms with van der Waals surface area (Å²) in [4.78, 5) is 22.3. The van der Waals surface area contributed by atoms with Gasteiger partial charge in [0, 0.05) is 0 Å². The lowest BCUT2D eigenvalue weighted by Gasteiger charge is -2.15. The molecule has 2 atom stereocenters. The molecule has 0 bridgehead atoms. The molecular weight excluding hydrogens is 250 g/mol. The normalized spacial score (nSPS) is 22.2. The first kappa shape index (κ1) is 13.3. The van der Waals surface area contributed by atoms with Gasteiger partial charge in [-0.2, -0.15) is 0 Å². The third-order valence-electron chi connectivity index (χ3n) is 3.25. The quantitative estimate of drug-likeness (QED) is 0.433. The molecule has 1 aromatic carbocycles. The second-order valence-electron chi connectivity index (χ2n) is 4.65. The highest BCUT2D eigenvalue weighted by molar-refractivity contribution is 5.97. The fraction of sp³-hybridized carbons (Fsp3) is 0.417. The average Bonchev–Trinajstić information content (AvgIpc) is 2.77. The van der Waals surface area contributed by atoms with Gasteiger partial charge in [0.05, 0.1) is 17.0 Å². The largest absolute Gasteiger partial charge is 0.508 e. The van der Waals surface area contributed by atoms with E-state index < -0.39 is 4.92 Å². The number of nitro groups is 1. The number of aromatic hydroxyl groups is 1. The molecule has 3 N–H and O–H groups in total. The lowest BCUT2D eigenvalue weighted by atomic mass is 10.0. The molecule has 1 amide bonds. The van der Waals surface area contributed by atoms with Crippen LogP contribution in [0.3, 0.4) is 0 Å². The number of nitrogens with zero attached hydrogens (tertiary/aromatic N) is 1. The molecule has 1 heterocycles. The Morgan fingerprint density at radius 1 is 1.58 bits per heavy atom. The van der Waals surface area contributed by atoms with Gasteiger partial charge in [-0.15, -0.1) is 0 Å². The van der Waals surface area contributed by atoms with Crippen LogP contribution in [0.25, 0.3) is 0 Å². The van der Waals surface area contributed by atoms with E-state index >= 15 is 0 Å². The summed E-state index contributed by atoms with van der Waals surface area (Å²) < 4.78 is 0. The summed E-state index contributed by atoms with van der Waals surface area (Å²) in [5.41, 5.74) is -0.229. The molecule has 1 aliphatic rings. The number of nitro benzene ring substituents is 1. The van der Waals surface area contributed by atoms with Gasteiger partial charge < -0.3 is 15.7 Å². The zero-order chi connectivity index (χ0) is 14.0. The van der Waals surface area contributed by atoms with E-state index in [1.165, 1.54) is 12.1 Å². The number of phenols is 1. The minimum atomic E-state index is -0.638. The molecule has 19 heavy (non-hydrogen) atoms. The topological polar surface area (TPSA) is 104 Å². The third-order valence-corrected chi connectivity index (χ3v) is 3.25. The predicted octanol–water partition coefficient (Wildman–Crippen LogP) is 1.24. The van der Waals surface area contributed by atoms with E-state index in [4.69, 9.17) is 0 Å². The highest BCUT2D eigenvalue weighted by Gasteiger charge is 2.30. The maximum Gasteiger partial charge on any atom is 0.296 e. The smallest absolute Gasteiger partial charge is 0.296 e. The molecule has 7 nitrogen and oxygen atoms in total. The van der Waals surface area contributed by atoms with Crippen LogP contribution in [-0.2, 0) is 4.79 Å². The summed E-state index contributed by atoms with van der Waals surface area (Å²) in [6.45, 7) is 2.71. The van der Waals surface area contributed by atoms with Crippen molar-refractivity contribution in [1.82, 2.24) is 5.32 Å². The summed E-state index contributed by atoms with van der Waals surface area (Å²) in [6.07, 6.45) is 0.899. The minimum absolute atomic E-state index is 0.0914. The lowest BCUT2D eigenvalue weighted by Crippen LogP contribution is -2.39. The number of carbonyl (C=O) groups excluding carboxylic acids is 1. The van der Waals surface area contributed by atoms with Gasteiger partial charge in [-0.1, -0.05) is 6.92 Å². The number of rotatable bonds is 3. The molecule has 2 rings (SSSR count). The number of nitrogens with one attached hydrogen (secondary N) is 2. The van der Waals surface area contributed by atoms with E-state index in [-0.39, 0.29) is 35.0 Å². The predicted molar refractivity (Wildman–Crippen MR) is 69.0 cm³/mol. The van der Waals surface area contributed by atoms with Crippen molar-refractivity contribution in [2.75, 3.05) is 11.9 Å². The Labute approximate surface area is 109 Å². The molecule has 1 aliphatic heterocycles. The van der Waals surface area contributed by atoms with Gasteiger partial charge in [0.25, 0.3) is 5.69 Å². The first-order valence-electron chi connectivity index (χ1n) is 6.00. The molecule has 7 heteroatoms. The van der Waals surface area contributed by atoms with E-state index in [9.17, 15) is 20.0 Å². The number of anilines is 1. The molecule has 0 spiro atoms. The van der Waals surface area contributed by atoms with Crippen molar-refractivity contribution in [2.45, 2.75) is 19.4 Å². The zero-order valence-corrected chi connectivity index (χ0v) is 10.4. The molecule has 0 radical (unpaired) electrons. The summed E-state index contributed by atoms with van der Waals surface area (Å²) in [6, 6.07) is 3.30. The van der Waals surface area contributed by atoms with Crippen molar-refractivity contribution < 1.29 is 14.8 Å². The van der Waals surface area contributed by atoms with Crippen LogP contribution in [0, 0.1) is 16.0 Å². The Hall–Kier alpha value is -2.15. The van der Waals surface area contributed by atoms with E-state index in [1.54, 1.807) is 0 Å². The lowest BCUT2D eigenvalue weighted by molar-refractivity contribution is -0.384. The van der Waals surface area contributed by atoms with Gasteiger partial charge in [-0.05, 0) is 31.0 Å². The standard InChI is InChI=1S/C12H15N3O4/c1-7-4-5-13-11(7)12(17)14-9-3-2-8(16)6-10(9)15(18)19/h2-3,6-7,11,13,16H,4-5H2,1H3,(H,14,17). The van der Waals surface area contributed by atoms with Crippen LogP contribution in [0.1, 0.15) is 13.3 Å². The van der Waals surface area contributed by atoms with Gasteiger partial charge in [0.2, 0.25) is 5.91 Å². The van der Waals surface area contributed by atoms with Crippen molar-refractivity contribution in [3.63, 3.8) is 0 Å². The Bertz CT molecular complexity index is 518. The molecule has 102 valence electrons. The molecular formula is C12H15N3O4. The molecule has 0 aromatic heterocycles. The Morgan fingerprint density at radius 3 is 2.89 bits per heavy atom. The van der Waals surface area contributed by atoms with Gasteiger partial charge in [-0.25, -0.2) is 0 Å². The van der Waals surface area contributed by atoms with E-state index in [1.807, 2.05) is 6.92 Å². The van der Waals surface area contributed by atoms with Gasteiger partial charge >= 0.3 is 0 Å².